The van der Waals surface area contributed by atoms with Crippen LogP contribution in [0.15, 0.2) is 5.16 Å². The summed E-state index contributed by atoms with van der Waals surface area (Å²) in [4.78, 5) is 0. The van der Waals surface area contributed by atoms with Crippen LogP contribution in [0.25, 0.3) is 0 Å². The van der Waals surface area contributed by atoms with E-state index in [4.69, 9.17) is 5.84 Å². The fourth-order valence-electron chi connectivity index (χ4n) is 2.20. The summed E-state index contributed by atoms with van der Waals surface area (Å²) in [6, 6.07) is 0. The second kappa shape index (κ2) is 11.0. The number of nitrogens with zero attached hydrogens (tertiary/aromatic N) is 3. The van der Waals surface area contributed by atoms with Gasteiger partial charge in [-0.3, -0.25) is 0 Å². The van der Waals surface area contributed by atoms with Crippen LogP contribution in [0, 0.1) is 6.92 Å². The molecule has 0 amide bonds. The highest BCUT2D eigenvalue weighted by atomic mass is 32.2. The van der Waals surface area contributed by atoms with Crippen molar-refractivity contribution in [3.8, 4) is 0 Å². The van der Waals surface area contributed by atoms with Gasteiger partial charge in [0.2, 0.25) is 5.16 Å². The van der Waals surface area contributed by atoms with Gasteiger partial charge in [0.05, 0.1) is 0 Å². The van der Waals surface area contributed by atoms with Crippen molar-refractivity contribution in [2.75, 3.05) is 11.6 Å². The smallest absolute Gasteiger partial charge is 0.209 e. The second-order valence-electron chi connectivity index (χ2n) is 5.43. The van der Waals surface area contributed by atoms with Gasteiger partial charge in [-0.05, 0) is 13.3 Å². The molecule has 0 radical (unpaired) electrons. The zero-order valence-corrected chi connectivity index (χ0v) is 13.9. The van der Waals surface area contributed by atoms with Crippen molar-refractivity contribution in [3.63, 3.8) is 0 Å². The minimum absolute atomic E-state index is 0.774. The maximum absolute atomic E-state index is 5.80. The number of unbranched alkanes of at least 4 members (excludes halogenated alkanes) is 9. The Balaban J connectivity index is 1.87. The average Bonchev–Trinajstić information content (AvgIpc) is 2.76. The number of rotatable bonds is 12. The summed E-state index contributed by atoms with van der Waals surface area (Å²) < 4.78 is 1.57. The lowest BCUT2D eigenvalue weighted by Crippen LogP contribution is -2.11. The lowest BCUT2D eigenvalue weighted by Gasteiger charge is -2.03. The SMILES string of the molecule is CCCCCCCCCCCCSc1nnc(C)n1N. The predicted molar refractivity (Wildman–Crippen MR) is 87.5 cm³/mol. The fourth-order valence-corrected chi connectivity index (χ4v) is 3.10. The van der Waals surface area contributed by atoms with Gasteiger partial charge in [0.25, 0.3) is 0 Å². The molecule has 2 N–H and O–H groups in total. The van der Waals surface area contributed by atoms with Crippen molar-refractivity contribution in [3.05, 3.63) is 5.82 Å². The fraction of sp³-hybridized carbons (Fsp3) is 0.867. The molecule has 0 atom stereocenters. The van der Waals surface area contributed by atoms with Gasteiger partial charge in [-0.15, -0.1) is 10.2 Å². The van der Waals surface area contributed by atoms with E-state index in [1.165, 1.54) is 64.2 Å². The van der Waals surface area contributed by atoms with E-state index in [1.807, 2.05) is 6.92 Å². The highest BCUT2D eigenvalue weighted by Gasteiger charge is 2.05. The Kier molecular flexibility index (Phi) is 9.54. The first-order valence-corrected chi connectivity index (χ1v) is 9.04. The van der Waals surface area contributed by atoms with Crippen LogP contribution < -0.4 is 5.84 Å². The molecule has 0 saturated heterocycles. The first-order valence-electron chi connectivity index (χ1n) is 8.05. The summed E-state index contributed by atoms with van der Waals surface area (Å²) in [7, 11) is 0. The number of nitrogen functional groups attached to an aromatic ring is 1. The monoisotopic (exact) mass is 298 g/mol. The summed E-state index contributed by atoms with van der Waals surface area (Å²) in [5.41, 5.74) is 0. The molecule has 0 aliphatic carbocycles. The molecule has 0 aliphatic heterocycles. The van der Waals surface area contributed by atoms with Crippen LogP contribution in [0.5, 0.6) is 0 Å². The van der Waals surface area contributed by atoms with Crippen LogP contribution in [0.2, 0.25) is 0 Å². The lowest BCUT2D eigenvalue weighted by atomic mass is 10.1. The number of thioether (sulfide) groups is 1. The summed E-state index contributed by atoms with van der Waals surface area (Å²) in [6.07, 6.45) is 13.7. The van der Waals surface area contributed by atoms with Gasteiger partial charge in [0.15, 0.2) is 0 Å². The van der Waals surface area contributed by atoms with Crippen LogP contribution in [0.3, 0.4) is 0 Å². The Morgan fingerprint density at radius 2 is 1.45 bits per heavy atom. The molecule has 0 fully saturated rings. The molecule has 4 nitrogen and oxygen atoms in total. The third-order valence-corrected chi connectivity index (χ3v) is 4.59. The normalized spacial score (nSPS) is 11.1. The van der Waals surface area contributed by atoms with Gasteiger partial charge in [0.1, 0.15) is 5.82 Å². The van der Waals surface area contributed by atoms with Crippen LogP contribution in [0.4, 0.5) is 0 Å². The van der Waals surface area contributed by atoms with E-state index in [1.54, 1.807) is 16.4 Å². The first kappa shape index (κ1) is 17.3. The number of aromatic nitrogens is 3. The minimum atomic E-state index is 0.774. The Bertz CT molecular complexity index is 352. The minimum Gasteiger partial charge on any atom is -0.336 e. The largest absolute Gasteiger partial charge is 0.336 e. The molecule has 116 valence electrons. The molecule has 0 saturated carbocycles. The molecule has 0 aromatic carbocycles. The van der Waals surface area contributed by atoms with Crippen molar-refractivity contribution in [1.29, 1.82) is 0 Å². The Hall–Kier alpha value is -0.710. The molecule has 1 rings (SSSR count). The molecule has 0 aliphatic rings. The van der Waals surface area contributed by atoms with Crippen molar-refractivity contribution >= 4 is 11.8 Å². The maximum Gasteiger partial charge on any atom is 0.209 e. The van der Waals surface area contributed by atoms with E-state index in [-0.39, 0.29) is 0 Å². The standard InChI is InChI=1S/C15H30N4S/c1-3-4-5-6-7-8-9-10-11-12-13-20-15-18-17-14(2)19(15)16/h3-13,16H2,1-2H3. The van der Waals surface area contributed by atoms with E-state index in [0.717, 1.165) is 16.7 Å². The molecular formula is C15H30N4S. The molecule has 20 heavy (non-hydrogen) atoms. The van der Waals surface area contributed by atoms with Crippen LogP contribution in [0.1, 0.15) is 77.0 Å². The highest BCUT2D eigenvalue weighted by molar-refractivity contribution is 7.99. The lowest BCUT2D eigenvalue weighted by molar-refractivity contribution is 0.563. The average molecular weight is 298 g/mol. The number of hydrogen-bond acceptors (Lipinski definition) is 4. The first-order chi connectivity index (χ1) is 9.75. The van der Waals surface area contributed by atoms with Crippen LogP contribution in [-0.2, 0) is 0 Å². The third-order valence-electron chi connectivity index (χ3n) is 3.56. The topological polar surface area (TPSA) is 56.7 Å². The van der Waals surface area contributed by atoms with Crippen LogP contribution >= 0.6 is 11.8 Å². The predicted octanol–water partition coefficient (Wildman–Crippen LogP) is 4.31. The molecule has 1 aromatic heterocycles. The van der Waals surface area contributed by atoms with Gasteiger partial charge in [-0.2, -0.15) is 0 Å². The second-order valence-corrected chi connectivity index (χ2v) is 6.49. The van der Waals surface area contributed by atoms with Gasteiger partial charge in [-0.25, -0.2) is 4.68 Å². The maximum atomic E-state index is 5.80. The highest BCUT2D eigenvalue weighted by Crippen LogP contribution is 2.17. The van der Waals surface area contributed by atoms with Crippen molar-refractivity contribution in [2.24, 2.45) is 0 Å². The molecule has 1 aromatic rings. The van der Waals surface area contributed by atoms with Crippen molar-refractivity contribution < 1.29 is 0 Å². The van der Waals surface area contributed by atoms with Gasteiger partial charge >= 0.3 is 0 Å². The Labute approximate surface area is 127 Å². The van der Waals surface area contributed by atoms with E-state index in [9.17, 15) is 0 Å². The van der Waals surface area contributed by atoms with E-state index < -0.39 is 0 Å². The molecule has 0 bridgehead atoms. The van der Waals surface area contributed by atoms with E-state index in [2.05, 4.69) is 17.1 Å². The molecule has 0 unspecified atom stereocenters. The summed E-state index contributed by atoms with van der Waals surface area (Å²) in [5, 5.41) is 8.83. The molecule has 5 heteroatoms. The van der Waals surface area contributed by atoms with Crippen molar-refractivity contribution in [1.82, 2.24) is 14.9 Å². The van der Waals surface area contributed by atoms with Gasteiger partial charge in [-0.1, -0.05) is 76.5 Å². The van der Waals surface area contributed by atoms with Gasteiger partial charge < -0.3 is 5.84 Å². The third kappa shape index (κ3) is 7.17. The quantitative estimate of drug-likeness (QED) is 0.355. The zero-order valence-electron chi connectivity index (χ0n) is 13.1. The summed E-state index contributed by atoms with van der Waals surface area (Å²) >= 11 is 1.71. The van der Waals surface area contributed by atoms with Crippen LogP contribution in [-0.4, -0.2) is 20.6 Å². The molecular weight excluding hydrogens is 268 g/mol. The van der Waals surface area contributed by atoms with Crippen molar-refractivity contribution in [2.45, 2.75) is 83.2 Å². The van der Waals surface area contributed by atoms with E-state index >= 15 is 0 Å². The summed E-state index contributed by atoms with van der Waals surface area (Å²) in [6.45, 7) is 4.14. The summed E-state index contributed by atoms with van der Waals surface area (Å²) in [5.74, 6) is 7.67. The zero-order chi connectivity index (χ0) is 14.6. The Morgan fingerprint density at radius 3 is 1.95 bits per heavy atom. The number of nitrogens with two attached hydrogens (primary N) is 1. The number of hydrogen-bond donors (Lipinski definition) is 1. The number of aryl methyl sites for hydroxylation is 1. The van der Waals surface area contributed by atoms with E-state index in [0.29, 0.717) is 0 Å². The molecule has 0 spiro atoms. The molecule has 1 heterocycles. The van der Waals surface area contributed by atoms with Gasteiger partial charge in [0, 0.05) is 5.75 Å². The Morgan fingerprint density at radius 1 is 0.900 bits per heavy atom.